The van der Waals surface area contributed by atoms with Gasteiger partial charge < -0.3 is 10.6 Å². The van der Waals surface area contributed by atoms with Crippen molar-refractivity contribution in [2.24, 2.45) is 5.92 Å². The van der Waals surface area contributed by atoms with Crippen LogP contribution in [0, 0.1) is 5.92 Å². The number of hydrogen-bond acceptors (Lipinski definition) is 4. The Morgan fingerprint density at radius 2 is 1.78 bits per heavy atom. The van der Waals surface area contributed by atoms with E-state index in [0.717, 1.165) is 25.7 Å². The molecule has 0 spiro atoms. The fraction of sp³-hybridized carbons (Fsp3) is 0.300. The average Bonchev–Trinajstić information content (AvgIpc) is 3.07. The van der Waals surface area contributed by atoms with Crippen LogP contribution >= 0.6 is 0 Å². The zero-order chi connectivity index (χ0) is 18.5. The van der Waals surface area contributed by atoms with Gasteiger partial charge in [-0.2, -0.15) is 5.10 Å². The highest BCUT2D eigenvalue weighted by Gasteiger charge is 2.17. The largest absolute Gasteiger partial charge is 0.338 e. The first kappa shape index (κ1) is 17.2. The molecule has 0 unspecified atom stereocenters. The smallest absolute Gasteiger partial charge is 0.319 e. The molecule has 1 aliphatic rings. The van der Waals surface area contributed by atoms with Gasteiger partial charge in [-0.05, 0) is 48.8 Å². The van der Waals surface area contributed by atoms with E-state index < -0.39 is 0 Å². The first-order chi connectivity index (χ1) is 13.3. The molecule has 0 aliphatic heterocycles. The predicted octanol–water partition coefficient (Wildman–Crippen LogP) is 2.98. The maximum Gasteiger partial charge on any atom is 0.319 e. The number of carbonyl (C=O) groups excluding carboxylic acids is 1. The van der Waals surface area contributed by atoms with Gasteiger partial charge in [0, 0.05) is 18.9 Å². The minimum Gasteiger partial charge on any atom is -0.338 e. The highest BCUT2D eigenvalue weighted by molar-refractivity contribution is 5.88. The minimum atomic E-state index is -0.217. The van der Waals surface area contributed by atoms with E-state index in [1.807, 2.05) is 0 Å². The van der Waals surface area contributed by atoms with Crippen molar-refractivity contribution in [1.29, 1.82) is 0 Å². The first-order valence-corrected chi connectivity index (χ1v) is 9.21. The highest BCUT2D eigenvalue weighted by Crippen LogP contribution is 2.24. The molecule has 138 valence electrons. The molecule has 27 heavy (non-hydrogen) atoms. The van der Waals surface area contributed by atoms with Gasteiger partial charge in [0.05, 0.1) is 18.1 Å². The zero-order valence-corrected chi connectivity index (χ0v) is 15.0. The lowest BCUT2D eigenvalue weighted by Crippen LogP contribution is -2.33. The van der Waals surface area contributed by atoms with E-state index >= 15 is 0 Å². The number of rotatable bonds is 4. The molecule has 3 aromatic rings. The molecule has 2 amide bonds. The highest BCUT2D eigenvalue weighted by atomic mass is 16.2. The van der Waals surface area contributed by atoms with E-state index in [4.69, 9.17) is 0 Å². The Labute approximate surface area is 157 Å². The molecule has 0 saturated heterocycles. The van der Waals surface area contributed by atoms with E-state index in [1.54, 1.807) is 30.9 Å². The maximum atomic E-state index is 12.2. The van der Waals surface area contributed by atoms with Crippen LogP contribution in [0.5, 0.6) is 0 Å². The van der Waals surface area contributed by atoms with E-state index in [9.17, 15) is 4.79 Å². The Morgan fingerprint density at radius 3 is 2.48 bits per heavy atom. The third-order valence-electron chi connectivity index (χ3n) is 4.91. The molecular formula is C20H22N6O. The number of carbonyl (C=O) groups is 1. The Balaban J connectivity index is 1.27. The Hall–Kier alpha value is -3.22. The Morgan fingerprint density at radius 1 is 1.07 bits per heavy atom. The lowest BCUT2D eigenvalue weighted by molar-refractivity contribution is 0.249. The van der Waals surface area contributed by atoms with Crippen LogP contribution in [0.4, 0.5) is 10.5 Å². The SMILES string of the molecule is O=C(NCC1CCc2ccccc2CC1)Nc1cnn(-c2ncccn2)c1. The summed E-state index contributed by atoms with van der Waals surface area (Å²) >= 11 is 0. The van der Waals surface area contributed by atoms with Gasteiger partial charge in [-0.3, -0.25) is 0 Å². The number of benzene rings is 1. The number of hydrogen-bond donors (Lipinski definition) is 2. The zero-order valence-electron chi connectivity index (χ0n) is 15.0. The van der Waals surface area contributed by atoms with Gasteiger partial charge in [-0.25, -0.2) is 19.4 Å². The van der Waals surface area contributed by atoms with Crippen molar-refractivity contribution < 1.29 is 4.79 Å². The molecule has 2 heterocycles. The van der Waals surface area contributed by atoms with Gasteiger partial charge in [0.25, 0.3) is 0 Å². The lowest BCUT2D eigenvalue weighted by atomic mass is 10.00. The van der Waals surface area contributed by atoms with Gasteiger partial charge in [0.15, 0.2) is 0 Å². The molecule has 0 bridgehead atoms. The van der Waals surface area contributed by atoms with Crippen molar-refractivity contribution >= 4 is 11.7 Å². The van der Waals surface area contributed by atoms with Gasteiger partial charge >= 0.3 is 6.03 Å². The lowest BCUT2D eigenvalue weighted by Gasteiger charge is -2.14. The summed E-state index contributed by atoms with van der Waals surface area (Å²) in [5.74, 6) is 0.951. The molecule has 2 N–H and O–H groups in total. The molecule has 0 radical (unpaired) electrons. The van der Waals surface area contributed by atoms with Crippen LogP contribution < -0.4 is 10.6 Å². The molecule has 2 aromatic heterocycles. The summed E-state index contributed by atoms with van der Waals surface area (Å²) in [5.41, 5.74) is 3.49. The molecule has 7 heteroatoms. The third-order valence-corrected chi connectivity index (χ3v) is 4.91. The van der Waals surface area contributed by atoms with Crippen LogP contribution in [-0.4, -0.2) is 32.3 Å². The molecule has 1 aromatic carbocycles. The van der Waals surface area contributed by atoms with Crippen LogP contribution in [0.25, 0.3) is 5.95 Å². The summed E-state index contributed by atoms with van der Waals surface area (Å²) in [6.45, 7) is 0.676. The number of aromatic nitrogens is 4. The first-order valence-electron chi connectivity index (χ1n) is 9.21. The minimum absolute atomic E-state index is 0.217. The normalized spacial score (nSPS) is 14.2. The molecular weight excluding hydrogens is 340 g/mol. The second-order valence-corrected chi connectivity index (χ2v) is 6.77. The predicted molar refractivity (Wildman–Crippen MR) is 103 cm³/mol. The number of aryl methyl sites for hydroxylation is 2. The number of nitrogens with one attached hydrogen (secondary N) is 2. The molecule has 0 atom stereocenters. The van der Waals surface area contributed by atoms with Crippen molar-refractivity contribution in [2.75, 3.05) is 11.9 Å². The third kappa shape index (κ3) is 4.31. The summed E-state index contributed by atoms with van der Waals surface area (Å²) < 4.78 is 1.53. The van der Waals surface area contributed by atoms with E-state index in [-0.39, 0.29) is 6.03 Å². The second-order valence-electron chi connectivity index (χ2n) is 6.77. The standard InChI is InChI=1S/C20H22N6O/c27-20(25-18-13-24-26(14-18)19-21-10-3-11-22-19)23-12-15-6-8-16-4-1-2-5-17(16)9-7-15/h1-5,10-11,13-15H,6-9,12H2,(H2,23,25,27). The second kappa shape index (κ2) is 7.99. The fourth-order valence-electron chi connectivity index (χ4n) is 3.43. The number of anilines is 1. The Bertz CT molecular complexity index is 881. The quantitative estimate of drug-likeness (QED) is 0.699. The monoisotopic (exact) mass is 362 g/mol. The van der Waals surface area contributed by atoms with E-state index in [0.29, 0.717) is 24.1 Å². The summed E-state index contributed by atoms with van der Waals surface area (Å²) in [6, 6.07) is 10.2. The number of amides is 2. The van der Waals surface area contributed by atoms with E-state index in [1.165, 1.54) is 15.8 Å². The van der Waals surface area contributed by atoms with Crippen molar-refractivity contribution in [3.8, 4) is 5.95 Å². The van der Waals surface area contributed by atoms with Crippen LogP contribution in [0.1, 0.15) is 24.0 Å². The fourth-order valence-corrected chi connectivity index (χ4v) is 3.43. The van der Waals surface area contributed by atoms with Gasteiger partial charge in [-0.1, -0.05) is 24.3 Å². The van der Waals surface area contributed by atoms with Crippen LogP contribution in [-0.2, 0) is 12.8 Å². The molecule has 1 aliphatic carbocycles. The molecule has 4 rings (SSSR count). The molecule has 0 saturated carbocycles. The summed E-state index contributed by atoms with van der Waals surface area (Å²) in [7, 11) is 0. The van der Waals surface area contributed by atoms with E-state index in [2.05, 4.69) is 50.0 Å². The van der Waals surface area contributed by atoms with Crippen LogP contribution in [0.15, 0.2) is 55.1 Å². The summed E-state index contributed by atoms with van der Waals surface area (Å²) in [4.78, 5) is 20.5. The average molecular weight is 362 g/mol. The van der Waals surface area contributed by atoms with Crippen LogP contribution in [0.2, 0.25) is 0 Å². The molecule has 7 nitrogen and oxygen atoms in total. The number of nitrogens with zero attached hydrogens (tertiary/aromatic N) is 4. The maximum absolute atomic E-state index is 12.2. The van der Waals surface area contributed by atoms with Gasteiger partial charge in [0.1, 0.15) is 0 Å². The number of urea groups is 1. The van der Waals surface area contributed by atoms with Crippen molar-refractivity contribution in [1.82, 2.24) is 25.1 Å². The number of fused-ring (bicyclic) bond motifs is 1. The topological polar surface area (TPSA) is 84.7 Å². The van der Waals surface area contributed by atoms with Gasteiger partial charge in [0.2, 0.25) is 5.95 Å². The summed E-state index contributed by atoms with van der Waals surface area (Å²) in [6.07, 6.45) is 10.9. The molecule has 0 fully saturated rings. The van der Waals surface area contributed by atoms with Crippen molar-refractivity contribution in [3.05, 3.63) is 66.2 Å². The Kier molecular flexibility index (Phi) is 5.09. The van der Waals surface area contributed by atoms with Gasteiger partial charge in [-0.15, -0.1) is 0 Å². The van der Waals surface area contributed by atoms with Crippen LogP contribution in [0.3, 0.4) is 0 Å². The van der Waals surface area contributed by atoms with Crippen molar-refractivity contribution in [2.45, 2.75) is 25.7 Å². The summed E-state index contributed by atoms with van der Waals surface area (Å²) in [5, 5.41) is 9.98. The van der Waals surface area contributed by atoms with Crippen molar-refractivity contribution in [3.63, 3.8) is 0 Å².